The second kappa shape index (κ2) is 5.15. The van der Waals surface area contributed by atoms with Gasteiger partial charge in [0.15, 0.2) is 0 Å². The fraction of sp³-hybridized carbons (Fsp3) is 0.917. The minimum absolute atomic E-state index is 0.293. The van der Waals surface area contributed by atoms with Crippen molar-refractivity contribution in [2.24, 2.45) is 5.92 Å². The maximum atomic E-state index is 11.5. The maximum absolute atomic E-state index is 11.5. The molecule has 0 aromatic heterocycles. The summed E-state index contributed by atoms with van der Waals surface area (Å²) in [5, 5.41) is 12.5. The van der Waals surface area contributed by atoms with Gasteiger partial charge in [-0.2, -0.15) is 0 Å². The second-order valence-corrected chi connectivity index (χ2v) is 4.97. The maximum Gasteiger partial charge on any atom is 0.325 e. The van der Waals surface area contributed by atoms with Gasteiger partial charge in [0.2, 0.25) is 0 Å². The third-order valence-electron chi connectivity index (χ3n) is 3.94. The van der Waals surface area contributed by atoms with E-state index in [0.717, 1.165) is 19.3 Å². The number of carbonyl (C=O) groups is 1. The zero-order valence-electron chi connectivity index (χ0n) is 10.8. The molecule has 4 nitrogen and oxygen atoms in total. The van der Waals surface area contributed by atoms with Gasteiger partial charge in [0.05, 0.1) is 0 Å². The zero-order chi connectivity index (χ0) is 12.3. The Morgan fingerprint density at radius 1 is 1.62 bits per heavy atom. The highest BCUT2D eigenvalue weighted by atomic mass is 16.4. The SMILES string of the molecule is CCC(C)N(C)CC(NC)(C(=O)O)C1CC1. The summed E-state index contributed by atoms with van der Waals surface area (Å²) in [5.74, 6) is -0.422. The Morgan fingerprint density at radius 3 is 2.50 bits per heavy atom. The van der Waals surface area contributed by atoms with Crippen molar-refractivity contribution in [2.75, 3.05) is 20.6 Å². The summed E-state index contributed by atoms with van der Waals surface area (Å²) in [7, 11) is 3.77. The minimum atomic E-state index is -0.752. The first-order chi connectivity index (χ1) is 7.47. The third kappa shape index (κ3) is 2.55. The van der Waals surface area contributed by atoms with Crippen LogP contribution < -0.4 is 5.32 Å². The number of nitrogens with one attached hydrogen (secondary N) is 1. The number of hydrogen-bond acceptors (Lipinski definition) is 3. The van der Waals surface area contributed by atoms with E-state index >= 15 is 0 Å². The second-order valence-electron chi connectivity index (χ2n) is 4.97. The number of nitrogens with zero attached hydrogens (tertiary/aromatic N) is 1. The molecular weight excluding hydrogens is 204 g/mol. The summed E-state index contributed by atoms with van der Waals surface area (Å²) < 4.78 is 0. The zero-order valence-corrected chi connectivity index (χ0v) is 10.8. The van der Waals surface area contributed by atoms with Crippen LogP contribution in [0.2, 0.25) is 0 Å². The number of carboxylic acid groups (broad SMARTS) is 1. The Hall–Kier alpha value is -0.610. The summed E-state index contributed by atoms with van der Waals surface area (Å²) in [5.41, 5.74) is -0.752. The van der Waals surface area contributed by atoms with Crippen molar-refractivity contribution in [1.82, 2.24) is 10.2 Å². The molecule has 2 atom stereocenters. The molecule has 0 radical (unpaired) electrons. The molecule has 1 fully saturated rings. The normalized spacial score (nSPS) is 21.8. The molecule has 1 aliphatic carbocycles. The standard InChI is InChI=1S/C12H24N2O2/c1-5-9(2)14(4)8-12(13-3,11(15)16)10-6-7-10/h9-10,13H,5-8H2,1-4H3,(H,15,16). The molecule has 2 N–H and O–H groups in total. The van der Waals surface area contributed by atoms with Gasteiger partial charge in [-0.15, -0.1) is 0 Å². The van der Waals surface area contributed by atoms with Crippen LogP contribution in [-0.4, -0.2) is 48.2 Å². The summed E-state index contributed by atoms with van der Waals surface area (Å²) in [6, 6.07) is 0.422. The Morgan fingerprint density at radius 2 is 2.19 bits per heavy atom. The van der Waals surface area contributed by atoms with Crippen molar-refractivity contribution in [3.8, 4) is 0 Å². The smallest absolute Gasteiger partial charge is 0.325 e. The van der Waals surface area contributed by atoms with E-state index in [1.807, 2.05) is 7.05 Å². The van der Waals surface area contributed by atoms with E-state index in [0.29, 0.717) is 18.5 Å². The molecular formula is C12H24N2O2. The van der Waals surface area contributed by atoms with Gasteiger partial charge >= 0.3 is 5.97 Å². The first kappa shape index (κ1) is 13.5. The quantitative estimate of drug-likeness (QED) is 0.687. The lowest BCUT2D eigenvalue weighted by atomic mass is 9.92. The van der Waals surface area contributed by atoms with E-state index in [1.165, 1.54) is 0 Å². The van der Waals surface area contributed by atoms with Gasteiger partial charge in [-0.25, -0.2) is 0 Å². The number of carboxylic acids is 1. The molecule has 0 aromatic carbocycles. The van der Waals surface area contributed by atoms with Gasteiger partial charge in [-0.05, 0) is 46.2 Å². The molecule has 94 valence electrons. The van der Waals surface area contributed by atoms with E-state index in [4.69, 9.17) is 0 Å². The van der Waals surface area contributed by atoms with E-state index in [1.54, 1.807) is 7.05 Å². The fourth-order valence-corrected chi connectivity index (χ4v) is 2.20. The lowest BCUT2D eigenvalue weighted by Crippen LogP contribution is -2.60. The molecule has 4 heteroatoms. The molecule has 0 heterocycles. The molecule has 16 heavy (non-hydrogen) atoms. The topological polar surface area (TPSA) is 52.6 Å². The summed E-state index contributed by atoms with van der Waals surface area (Å²) in [6.45, 7) is 4.84. The summed E-state index contributed by atoms with van der Waals surface area (Å²) in [6.07, 6.45) is 3.10. The number of rotatable bonds is 7. The average molecular weight is 228 g/mol. The fourth-order valence-electron chi connectivity index (χ4n) is 2.20. The van der Waals surface area contributed by atoms with Gasteiger partial charge in [0.1, 0.15) is 5.54 Å². The first-order valence-electron chi connectivity index (χ1n) is 6.10. The molecule has 1 aliphatic rings. The molecule has 0 bridgehead atoms. The van der Waals surface area contributed by atoms with Crippen molar-refractivity contribution >= 4 is 5.97 Å². The van der Waals surface area contributed by atoms with Crippen molar-refractivity contribution in [1.29, 1.82) is 0 Å². The van der Waals surface area contributed by atoms with Crippen LogP contribution in [0.15, 0.2) is 0 Å². The van der Waals surface area contributed by atoms with Crippen LogP contribution in [0, 0.1) is 5.92 Å². The van der Waals surface area contributed by atoms with Gasteiger partial charge in [0.25, 0.3) is 0 Å². The van der Waals surface area contributed by atoms with E-state index in [9.17, 15) is 9.90 Å². The van der Waals surface area contributed by atoms with E-state index < -0.39 is 11.5 Å². The minimum Gasteiger partial charge on any atom is -0.480 e. The first-order valence-corrected chi connectivity index (χ1v) is 6.10. The van der Waals surface area contributed by atoms with Gasteiger partial charge in [-0.1, -0.05) is 6.92 Å². The lowest BCUT2D eigenvalue weighted by Gasteiger charge is -2.36. The van der Waals surface area contributed by atoms with Crippen LogP contribution in [0.25, 0.3) is 0 Å². The molecule has 2 unspecified atom stereocenters. The molecule has 1 saturated carbocycles. The lowest BCUT2D eigenvalue weighted by molar-refractivity contribution is -0.146. The summed E-state index contributed by atoms with van der Waals surface area (Å²) in [4.78, 5) is 13.6. The van der Waals surface area contributed by atoms with Crippen molar-refractivity contribution < 1.29 is 9.90 Å². The highest BCUT2D eigenvalue weighted by Crippen LogP contribution is 2.40. The predicted molar refractivity (Wildman–Crippen MR) is 64.5 cm³/mol. The van der Waals surface area contributed by atoms with Crippen LogP contribution in [-0.2, 0) is 4.79 Å². The molecule has 1 rings (SSSR count). The van der Waals surface area contributed by atoms with Gasteiger partial charge < -0.3 is 15.3 Å². The highest BCUT2D eigenvalue weighted by molar-refractivity contribution is 5.80. The van der Waals surface area contributed by atoms with Crippen molar-refractivity contribution in [2.45, 2.75) is 44.7 Å². The monoisotopic (exact) mass is 228 g/mol. The Bertz CT molecular complexity index is 253. The van der Waals surface area contributed by atoms with Crippen LogP contribution in [0.4, 0.5) is 0 Å². The molecule has 0 amide bonds. The van der Waals surface area contributed by atoms with Crippen LogP contribution in [0.5, 0.6) is 0 Å². The Balaban J connectivity index is 2.73. The number of hydrogen-bond donors (Lipinski definition) is 2. The van der Waals surface area contributed by atoms with E-state index in [-0.39, 0.29) is 0 Å². The predicted octanol–water partition coefficient (Wildman–Crippen LogP) is 1.17. The van der Waals surface area contributed by atoms with E-state index in [2.05, 4.69) is 24.1 Å². The number of likely N-dealkylation sites (N-methyl/N-ethyl adjacent to an activating group) is 2. The highest BCUT2D eigenvalue weighted by Gasteiger charge is 2.50. The van der Waals surface area contributed by atoms with Crippen LogP contribution in [0.1, 0.15) is 33.1 Å². The van der Waals surface area contributed by atoms with Crippen LogP contribution >= 0.6 is 0 Å². The average Bonchev–Trinajstić information content (AvgIpc) is 3.08. The largest absolute Gasteiger partial charge is 0.480 e. The van der Waals surface area contributed by atoms with Crippen molar-refractivity contribution in [3.63, 3.8) is 0 Å². The Labute approximate surface area is 98.0 Å². The van der Waals surface area contributed by atoms with Crippen LogP contribution in [0.3, 0.4) is 0 Å². The number of aliphatic carboxylic acids is 1. The third-order valence-corrected chi connectivity index (χ3v) is 3.94. The van der Waals surface area contributed by atoms with Crippen molar-refractivity contribution in [3.05, 3.63) is 0 Å². The van der Waals surface area contributed by atoms with Gasteiger partial charge in [0, 0.05) is 12.6 Å². The van der Waals surface area contributed by atoms with Gasteiger partial charge in [-0.3, -0.25) is 4.79 Å². The summed E-state index contributed by atoms with van der Waals surface area (Å²) >= 11 is 0. The Kier molecular flexibility index (Phi) is 4.33. The molecule has 0 aromatic rings. The molecule has 0 saturated heterocycles. The molecule has 0 spiro atoms. The molecule has 0 aliphatic heterocycles.